The Morgan fingerprint density at radius 3 is 0.687 bits per heavy atom. The third kappa shape index (κ3) is 67.4. The van der Waals surface area contributed by atoms with Crippen LogP contribution in [0.3, 0.4) is 0 Å². The van der Waals surface area contributed by atoms with Crippen molar-refractivity contribution in [1.29, 1.82) is 0 Å². The molecular formula is C77H122O6. The monoisotopic (exact) mass is 1140 g/mol. The smallest absolute Gasteiger partial charge is 0.306 e. The highest BCUT2D eigenvalue weighted by Crippen LogP contribution is 2.15. The molecule has 0 aromatic carbocycles. The summed E-state index contributed by atoms with van der Waals surface area (Å²) in [6.45, 7) is 6.26. The fraction of sp³-hybridized carbons (Fsp3) is 0.597. The Bertz CT molecular complexity index is 1890. The molecule has 0 saturated carbocycles. The molecule has 0 aliphatic rings. The first-order valence-corrected chi connectivity index (χ1v) is 33.6. The van der Waals surface area contributed by atoms with E-state index < -0.39 is 6.10 Å². The molecule has 0 aliphatic carbocycles. The zero-order chi connectivity index (χ0) is 59.9. The summed E-state index contributed by atoms with van der Waals surface area (Å²) in [7, 11) is 0. The lowest BCUT2D eigenvalue weighted by Gasteiger charge is -2.18. The van der Waals surface area contributed by atoms with E-state index in [9.17, 15) is 14.4 Å². The zero-order valence-corrected chi connectivity index (χ0v) is 53.4. The van der Waals surface area contributed by atoms with Gasteiger partial charge in [0, 0.05) is 19.3 Å². The van der Waals surface area contributed by atoms with Gasteiger partial charge in [0.25, 0.3) is 0 Å². The Balaban J connectivity index is 4.39. The summed E-state index contributed by atoms with van der Waals surface area (Å²) in [5.74, 6) is -0.947. The molecule has 83 heavy (non-hydrogen) atoms. The quantitative estimate of drug-likeness (QED) is 0.0261. The summed E-state index contributed by atoms with van der Waals surface area (Å²) in [4.78, 5) is 38.4. The molecule has 6 nitrogen and oxygen atoms in total. The van der Waals surface area contributed by atoms with Gasteiger partial charge in [-0.2, -0.15) is 0 Å². The van der Waals surface area contributed by atoms with Crippen LogP contribution < -0.4 is 0 Å². The van der Waals surface area contributed by atoms with Crippen LogP contribution in [0.1, 0.15) is 278 Å². The minimum atomic E-state index is -0.808. The van der Waals surface area contributed by atoms with E-state index in [2.05, 4.69) is 191 Å². The van der Waals surface area contributed by atoms with Gasteiger partial charge in [0.05, 0.1) is 0 Å². The molecule has 0 saturated heterocycles. The van der Waals surface area contributed by atoms with Crippen LogP contribution in [-0.2, 0) is 28.6 Å². The highest BCUT2D eigenvalue weighted by atomic mass is 16.6. The first kappa shape index (κ1) is 77.8. The predicted molar refractivity (Wildman–Crippen MR) is 361 cm³/mol. The average molecular weight is 1140 g/mol. The summed E-state index contributed by atoms with van der Waals surface area (Å²) < 4.78 is 16.9. The number of carbonyl (C=O) groups excluding carboxylic acids is 3. The molecule has 0 aromatic heterocycles. The van der Waals surface area contributed by atoms with Crippen molar-refractivity contribution >= 4 is 17.9 Å². The lowest BCUT2D eigenvalue weighted by Crippen LogP contribution is -2.30. The molecule has 0 rings (SSSR count). The summed E-state index contributed by atoms with van der Waals surface area (Å²) in [6.07, 6.45) is 102. The van der Waals surface area contributed by atoms with Gasteiger partial charge in [0.1, 0.15) is 13.2 Å². The molecule has 1 atom stereocenters. The van der Waals surface area contributed by atoms with Crippen molar-refractivity contribution in [3.05, 3.63) is 170 Å². The molecule has 0 bridgehead atoms. The van der Waals surface area contributed by atoms with Crippen LogP contribution in [0.5, 0.6) is 0 Å². The molecule has 0 radical (unpaired) electrons. The van der Waals surface area contributed by atoms with Crippen LogP contribution in [0, 0.1) is 0 Å². The summed E-state index contributed by atoms with van der Waals surface area (Å²) >= 11 is 0. The molecule has 0 heterocycles. The molecule has 0 N–H and O–H groups in total. The highest BCUT2D eigenvalue weighted by Gasteiger charge is 2.19. The largest absolute Gasteiger partial charge is 0.462 e. The maximum Gasteiger partial charge on any atom is 0.306 e. The van der Waals surface area contributed by atoms with Gasteiger partial charge >= 0.3 is 17.9 Å². The number of carbonyl (C=O) groups is 3. The van der Waals surface area contributed by atoms with Gasteiger partial charge in [-0.05, 0) is 148 Å². The van der Waals surface area contributed by atoms with Gasteiger partial charge < -0.3 is 14.2 Å². The number of rotatable bonds is 59. The van der Waals surface area contributed by atoms with Crippen LogP contribution in [0.15, 0.2) is 170 Å². The zero-order valence-electron chi connectivity index (χ0n) is 53.4. The second kappa shape index (κ2) is 69.3. The Labute approximate surface area is 511 Å². The molecule has 0 aromatic rings. The van der Waals surface area contributed by atoms with E-state index in [1.165, 1.54) is 70.6 Å². The van der Waals surface area contributed by atoms with Crippen molar-refractivity contribution in [3.8, 4) is 0 Å². The lowest BCUT2D eigenvalue weighted by atomic mass is 10.1. The molecular weight excluding hydrogens is 1020 g/mol. The van der Waals surface area contributed by atoms with E-state index in [4.69, 9.17) is 14.2 Å². The van der Waals surface area contributed by atoms with E-state index in [0.717, 1.165) is 167 Å². The highest BCUT2D eigenvalue weighted by molar-refractivity contribution is 5.71. The van der Waals surface area contributed by atoms with Gasteiger partial charge in [-0.15, -0.1) is 0 Å². The van der Waals surface area contributed by atoms with Crippen LogP contribution in [0.25, 0.3) is 0 Å². The number of allylic oxidation sites excluding steroid dienone is 28. The Morgan fingerprint density at radius 2 is 0.434 bits per heavy atom. The van der Waals surface area contributed by atoms with Crippen molar-refractivity contribution in [3.63, 3.8) is 0 Å². The SMILES string of the molecule is CC/C=C\C/C=C\C/C=C\C/C=C\C/C=C\C/C=C\CCCCCCCCCCC(=O)OCC(COC(=O)CCCCC/C=C\C/C=C\C/C=C\CC)OC(=O)CCCCCCCCCCC/C=C\C/C=C\C/C=C\C/C=C\C/C=C\CC. The topological polar surface area (TPSA) is 78.9 Å². The summed E-state index contributed by atoms with van der Waals surface area (Å²) in [5, 5.41) is 0. The van der Waals surface area contributed by atoms with E-state index in [1.807, 2.05) is 0 Å². The standard InChI is InChI=1S/C77H122O6/c1-4-7-10-13-16-19-22-25-27-29-31-33-35-37-38-40-41-43-45-47-49-52-55-58-61-64-67-70-76(79)82-73-74(72-81-75(78)69-66-63-60-57-54-51-24-21-18-15-12-9-6-3)83-77(80)71-68-65-62-59-56-53-50-48-46-44-42-39-36-34-32-30-28-26-23-20-17-14-11-8-5-2/h7-12,16-21,25-28,31-34,37-39,41-43,51,54,74H,4-6,13-15,22-24,29-30,35-36,40,44-50,52-53,55-73H2,1-3H3/b10-7-,11-8-,12-9-,19-16-,20-17-,21-18-,27-25-,28-26-,33-31-,34-32-,38-37-,42-39-,43-41-,54-51-. The fourth-order valence-corrected chi connectivity index (χ4v) is 8.78. The van der Waals surface area contributed by atoms with Crippen molar-refractivity contribution in [2.45, 2.75) is 284 Å². The van der Waals surface area contributed by atoms with Crippen molar-refractivity contribution < 1.29 is 28.6 Å². The first-order valence-electron chi connectivity index (χ1n) is 33.6. The molecule has 1 unspecified atom stereocenters. The molecule has 0 amide bonds. The Morgan fingerprint density at radius 1 is 0.241 bits per heavy atom. The molecule has 466 valence electrons. The average Bonchev–Trinajstić information content (AvgIpc) is 3.49. The van der Waals surface area contributed by atoms with Crippen LogP contribution in [0.2, 0.25) is 0 Å². The van der Waals surface area contributed by atoms with E-state index in [0.29, 0.717) is 19.3 Å². The fourth-order valence-electron chi connectivity index (χ4n) is 8.78. The molecule has 0 fully saturated rings. The predicted octanol–water partition coefficient (Wildman–Crippen LogP) is 23.4. The van der Waals surface area contributed by atoms with E-state index in [1.54, 1.807) is 0 Å². The molecule has 0 aliphatic heterocycles. The van der Waals surface area contributed by atoms with Crippen molar-refractivity contribution in [2.24, 2.45) is 0 Å². The minimum absolute atomic E-state index is 0.101. The van der Waals surface area contributed by atoms with E-state index >= 15 is 0 Å². The van der Waals surface area contributed by atoms with Gasteiger partial charge in [0.2, 0.25) is 0 Å². The second-order valence-electron chi connectivity index (χ2n) is 21.6. The third-order valence-corrected chi connectivity index (χ3v) is 13.7. The van der Waals surface area contributed by atoms with Crippen LogP contribution in [0.4, 0.5) is 0 Å². The van der Waals surface area contributed by atoms with Gasteiger partial charge in [-0.1, -0.05) is 281 Å². The molecule has 6 heteroatoms. The molecule has 0 spiro atoms. The minimum Gasteiger partial charge on any atom is -0.462 e. The summed E-state index contributed by atoms with van der Waals surface area (Å²) in [5.41, 5.74) is 0. The van der Waals surface area contributed by atoms with Gasteiger partial charge in [-0.25, -0.2) is 0 Å². The third-order valence-electron chi connectivity index (χ3n) is 13.7. The number of hydrogen-bond donors (Lipinski definition) is 0. The van der Waals surface area contributed by atoms with E-state index in [-0.39, 0.29) is 31.1 Å². The van der Waals surface area contributed by atoms with Gasteiger partial charge in [-0.3, -0.25) is 14.4 Å². The number of hydrogen-bond acceptors (Lipinski definition) is 6. The summed E-state index contributed by atoms with van der Waals surface area (Å²) in [6, 6.07) is 0. The number of unbranched alkanes of at least 4 members (excludes halogenated alkanes) is 20. The van der Waals surface area contributed by atoms with Crippen LogP contribution in [-0.4, -0.2) is 37.2 Å². The lowest BCUT2D eigenvalue weighted by molar-refractivity contribution is -0.167. The number of esters is 3. The second-order valence-corrected chi connectivity index (χ2v) is 21.6. The maximum absolute atomic E-state index is 12.9. The first-order chi connectivity index (χ1) is 41.0. The van der Waals surface area contributed by atoms with Crippen molar-refractivity contribution in [2.75, 3.05) is 13.2 Å². The normalized spacial score (nSPS) is 13.2. The Kier molecular flexibility index (Phi) is 64.9. The Hall–Kier alpha value is -5.23. The van der Waals surface area contributed by atoms with Gasteiger partial charge in [0.15, 0.2) is 6.10 Å². The number of ether oxygens (including phenoxy) is 3. The van der Waals surface area contributed by atoms with Crippen LogP contribution >= 0.6 is 0 Å². The van der Waals surface area contributed by atoms with Crippen molar-refractivity contribution in [1.82, 2.24) is 0 Å². The maximum atomic E-state index is 12.9.